The lowest BCUT2D eigenvalue weighted by molar-refractivity contribution is -0.129. The van der Waals surface area contributed by atoms with E-state index in [1.54, 1.807) is 30.3 Å². The van der Waals surface area contributed by atoms with Gasteiger partial charge in [-0.1, -0.05) is 30.0 Å². The molecule has 1 N–H and O–H groups in total. The van der Waals surface area contributed by atoms with E-state index >= 15 is 0 Å². The van der Waals surface area contributed by atoms with Crippen LogP contribution in [-0.2, 0) is 16.2 Å². The van der Waals surface area contributed by atoms with Gasteiger partial charge in [-0.25, -0.2) is 9.40 Å². The van der Waals surface area contributed by atoms with Crippen LogP contribution in [0.5, 0.6) is 11.5 Å². The number of hydrogen-bond acceptors (Lipinski definition) is 6. The highest BCUT2D eigenvalue weighted by Gasteiger charge is 2.33. The fourth-order valence-corrected chi connectivity index (χ4v) is 4.46. The van der Waals surface area contributed by atoms with Crippen LogP contribution in [0.1, 0.15) is 30.3 Å². The molecule has 0 bridgehead atoms. The molecule has 158 valence electrons. The number of hydrazone groups is 1. The first-order valence-electron chi connectivity index (χ1n) is 8.86. The molecule has 0 aromatic heterocycles. The third-order valence-electron chi connectivity index (χ3n) is 4.12. The Morgan fingerprint density at radius 3 is 2.67 bits per heavy atom. The van der Waals surface area contributed by atoms with Crippen molar-refractivity contribution in [2.45, 2.75) is 25.8 Å². The molecule has 10 heteroatoms. The molecule has 30 heavy (non-hydrogen) atoms. The number of nitrogens with zero attached hydrogens (tertiary/aromatic N) is 2. The third-order valence-corrected chi connectivity index (χ3v) is 5.81. The first kappa shape index (κ1) is 22.1. The van der Waals surface area contributed by atoms with Gasteiger partial charge in [0.05, 0.1) is 11.6 Å². The van der Waals surface area contributed by atoms with Crippen LogP contribution in [0.4, 0.5) is 4.39 Å². The molecule has 3 rings (SSSR count). The van der Waals surface area contributed by atoms with E-state index in [1.807, 2.05) is 0 Å². The SMILES string of the molecule is COc1cc([C@H]2SC(NC(C)=O)=NN2C(C)=O)cc(Br)c1OCc1ccccc1F. The van der Waals surface area contributed by atoms with E-state index in [9.17, 15) is 14.0 Å². The summed E-state index contributed by atoms with van der Waals surface area (Å²) in [4.78, 5) is 23.4. The molecule has 0 fully saturated rings. The number of carbonyl (C=O) groups excluding carboxylic acids is 2. The Labute approximate surface area is 185 Å². The second-order valence-corrected chi connectivity index (χ2v) is 8.26. The van der Waals surface area contributed by atoms with Gasteiger partial charge in [0.2, 0.25) is 11.8 Å². The Morgan fingerprint density at radius 2 is 2.03 bits per heavy atom. The number of hydrogen-bond donors (Lipinski definition) is 1. The van der Waals surface area contributed by atoms with E-state index in [0.717, 1.165) is 0 Å². The summed E-state index contributed by atoms with van der Waals surface area (Å²) in [6.45, 7) is 2.79. The van der Waals surface area contributed by atoms with E-state index in [2.05, 4.69) is 26.3 Å². The molecule has 1 heterocycles. The molecule has 1 aliphatic rings. The maximum Gasteiger partial charge on any atom is 0.241 e. The molecular formula is C20H19BrFN3O4S. The molecule has 0 spiro atoms. The van der Waals surface area contributed by atoms with Gasteiger partial charge in [0.15, 0.2) is 16.7 Å². The lowest BCUT2D eigenvalue weighted by atomic mass is 10.2. The van der Waals surface area contributed by atoms with Gasteiger partial charge in [-0.15, -0.1) is 5.10 Å². The number of amides is 2. The van der Waals surface area contributed by atoms with Crippen molar-refractivity contribution in [3.8, 4) is 11.5 Å². The summed E-state index contributed by atoms with van der Waals surface area (Å²) in [6, 6.07) is 9.86. The molecule has 0 saturated carbocycles. The first-order valence-corrected chi connectivity index (χ1v) is 10.5. The number of benzene rings is 2. The van der Waals surface area contributed by atoms with Crippen molar-refractivity contribution < 1.29 is 23.5 Å². The van der Waals surface area contributed by atoms with Crippen LogP contribution >= 0.6 is 27.7 Å². The number of methoxy groups -OCH3 is 1. The van der Waals surface area contributed by atoms with Crippen molar-refractivity contribution in [2.24, 2.45) is 5.10 Å². The number of carbonyl (C=O) groups is 2. The second-order valence-electron chi connectivity index (χ2n) is 6.33. The Morgan fingerprint density at radius 1 is 1.30 bits per heavy atom. The minimum absolute atomic E-state index is 0.0223. The van der Waals surface area contributed by atoms with E-state index in [1.165, 1.54) is 43.8 Å². The Hall–Kier alpha value is -2.59. The molecule has 0 radical (unpaired) electrons. The maximum absolute atomic E-state index is 13.9. The quantitative estimate of drug-likeness (QED) is 0.672. The van der Waals surface area contributed by atoms with Gasteiger partial charge in [0, 0.05) is 19.4 Å². The first-order chi connectivity index (χ1) is 14.3. The van der Waals surface area contributed by atoms with Gasteiger partial charge >= 0.3 is 0 Å². The number of nitrogens with one attached hydrogen (secondary N) is 1. The average Bonchev–Trinajstić information content (AvgIpc) is 3.11. The molecule has 1 atom stereocenters. The Balaban J connectivity index is 1.87. The summed E-state index contributed by atoms with van der Waals surface area (Å²) in [5.41, 5.74) is 1.12. The van der Waals surface area contributed by atoms with E-state index in [0.29, 0.717) is 32.3 Å². The molecule has 1 aliphatic heterocycles. The van der Waals surface area contributed by atoms with Crippen LogP contribution in [0, 0.1) is 5.82 Å². The summed E-state index contributed by atoms with van der Waals surface area (Å²) >= 11 is 4.70. The number of rotatable bonds is 5. The smallest absolute Gasteiger partial charge is 0.241 e. The van der Waals surface area contributed by atoms with Gasteiger partial charge in [-0.3, -0.25) is 9.59 Å². The van der Waals surface area contributed by atoms with Crippen molar-refractivity contribution in [1.82, 2.24) is 10.3 Å². The van der Waals surface area contributed by atoms with Gasteiger partial charge in [0.1, 0.15) is 17.8 Å². The van der Waals surface area contributed by atoms with Crippen LogP contribution in [0.15, 0.2) is 46.0 Å². The van der Waals surface area contributed by atoms with E-state index < -0.39 is 5.37 Å². The third kappa shape index (κ3) is 4.93. The molecule has 0 aliphatic carbocycles. The van der Waals surface area contributed by atoms with Crippen LogP contribution in [0.2, 0.25) is 0 Å². The van der Waals surface area contributed by atoms with Crippen molar-refractivity contribution in [3.05, 3.63) is 57.8 Å². The summed E-state index contributed by atoms with van der Waals surface area (Å²) < 4.78 is 25.7. The largest absolute Gasteiger partial charge is 0.493 e. The van der Waals surface area contributed by atoms with Gasteiger partial charge in [0.25, 0.3) is 0 Å². The predicted octanol–water partition coefficient (Wildman–Crippen LogP) is 4.18. The van der Waals surface area contributed by atoms with Crippen molar-refractivity contribution in [3.63, 3.8) is 0 Å². The molecule has 7 nitrogen and oxygen atoms in total. The second kappa shape index (κ2) is 9.48. The van der Waals surface area contributed by atoms with Gasteiger partial charge in [-0.2, -0.15) is 0 Å². The molecular weight excluding hydrogens is 477 g/mol. The number of ether oxygens (including phenoxy) is 2. The minimum Gasteiger partial charge on any atom is -0.493 e. The van der Waals surface area contributed by atoms with Gasteiger partial charge in [-0.05, 0) is 39.7 Å². The highest BCUT2D eigenvalue weighted by atomic mass is 79.9. The van der Waals surface area contributed by atoms with Crippen molar-refractivity contribution >= 4 is 44.7 Å². The van der Waals surface area contributed by atoms with E-state index in [-0.39, 0.29) is 24.2 Å². The molecule has 2 aromatic rings. The Kier molecular flexibility index (Phi) is 6.99. The molecule has 2 aromatic carbocycles. The summed E-state index contributed by atoms with van der Waals surface area (Å²) in [5.74, 6) is -0.0899. The zero-order chi connectivity index (χ0) is 21.8. The lowest BCUT2D eigenvalue weighted by Gasteiger charge is -2.21. The highest BCUT2D eigenvalue weighted by molar-refractivity contribution is 9.10. The minimum atomic E-state index is -0.491. The molecule has 2 amide bonds. The summed E-state index contributed by atoms with van der Waals surface area (Å²) in [7, 11) is 1.49. The fraction of sp³-hybridized carbons (Fsp3) is 0.250. The average molecular weight is 496 g/mol. The predicted molar refractivity (Wildman–Crippen MR) is 116 cm³/mol. The van der Waals surface area contributed by atoms with Crippen LogP contribution in [-0.4, -0.2) is 29.1 Å². The number of amidine groups is 1. The Bertz CT molecular complexity index is 1020. The monoisotopic (exact) mass is 495 g/mol. The van der Waals surface area contributed by atoms with Crippen molar-refractivity contribution in [2.75, 3.05) is 7.11 Å². The topological polar surface area (TPSA) is 80.2 Å². The standard InChI is InChI=1S/C20H19BrFN3O4S/c1-11(26)23-20-24-25(12(2)27)19(30-20)14-8-15(21)18(17(9-14)28-3)29-10-13-6-4-5-7-16(13)22/h4-9,19H,10H2,1-3H3,(H,23,24,26)/t19-/m1/s1. The zero-order valence-corrected chi connectivity index (χ0v) is 18.8. The normalized spacial score (nSPS) is 15.6. The molecule has 0 saturated heterocycles. The highest BCUT2D eigenvalue weighted by Crippen LogP contribution is 2.45. The summed E-state index contributed by atoms with van der Waals surface area (Å²) in [6.07, 6.45) is 0. The van der Waals surface area contributed by atoms with Crippen LogP contribution in [0.25, 0.3) is 0 Å². The van der Waals surface area contributed by atoms with Crippen LogP contribution in [0.3, 0.4) is 0 Å². The summed E-state index contributed by atoms with van der Waals surface area (Å²) in [5, 5.41) is 7.91. The van der Waals surface area contributed by atoms with Gasteiger partial charge < -0.3 is 14.8 Å². The zero-order valence-electron chi connectivity index (χ0n) is 16.4. The fourth-order valence-electron chi connectivity index (χ4n) is 2.77. The lowest BCUT2D eigenvalue weighted by Crippen LogP contribution is -2.25. The van der Waals surface area contributed by atoms with E-state index in [4.69, 9.17) is 9.47 Å². The number of thioether (sulfide) groups is 1. The van der Waals surface area contributed by atoms with Crippen molar-refractivity contribution in [1.29, 1.82) is 0 Å². The van der Waals surface area contributed by atoms with Crippen LogP contribution < -0.4 is 14.8 Å². The molecule has 0 unspecified atom stereocenters. The number of halogens is 2. The maximum atomic E-state index is 13.9.